The zero-order valence-corrected chi connectivity index (χ0v) is 13.4. The van der Waals surface area contributed by atoms with Crippen LogP contribution in [0.4, 0.5) is 0 Å². The number of carbonyl (C=O) groups is 1. The van der Waals surface area contributed by atoms with Crippen LogP contribution in [0, 0.1) is 0 Å². The van der Waals surface area contributed by atoms with Gasteiger partial charge in [0.25, 0.3) is 0 Å². The fourth-order valence-electron chi connectivity index (χ4n) is 2.63. The van der Waals surface area contributed by atoms with Gasteiger partial charge in [0.1, 0.15) is 0 Å². The van der Waals surface area contributed by atoms with Crippen molar-refractivity contribution >= 4 is 23.3 Å². The third-order valence-corrected chi connectivity index (χ3v) is 4.75. The van der Waals surface area contributed by atoms with Crippen LogP contribution in [0.2, 0.25) is 0 Å². The molecule has 2 aromatic rings. The van der Waals surface area contributed by atoms with E-state index in [0.717, 1.165) is 29.9 Å². The summed E-state index contributed by atoms with van der Waals surface area (Å²) in [5.74, 6) is 1.55. The molecule has 1 saturated carbocycles. The number of benzene rings is 1. The fourth-order valence-corrected chi connectivity index (χ4v) is 3.29. The van der Waals surface area contributed by atoms with Gasteiger partial charge in [-0.05, 0) is 59.0 Å². The molecule has 4 nitrogen and oxygen atoms in total. The molecule has 0 N–H and O–H groups in total. The van der Waals surface area contributed by atoms with Gasteiger partial charge in [0.05, 0.1) is 0 Å². The van der Waals surface area contributed by atoms with Crippen molar-refractivity contribution in [1.29, 1.82) is 0 Å². The monoisotopic (exact) mass is 327 g/mol. The molecule has 0 atom stereocenters. The maximum absolute atomic E-state index is 12.5. The molecule has 0 bridgehead atoms. The summed E-state index contributed by atoms with van der Waals surface area (Å²) in [6.45, 7) is 0.954. The lowest BCUT2D eigenvalue weighted by atomic mass is 10.2. The van der Waals surface area contributed by atoms with E-state index in [0.29, 0.717) is 12.6 Å². The molecule has 2 aliphatic rings. The Morgan fingerprint density at radius 2 is 2.13 bits per heavy atom. The maximum Gasteiger partial charge on any atom is 0.247 e. The molecule has 1 aliphatic carbocycles. The first-order chi connectivity index (χ1) is 11.3. The van der Waals surface area contributed by atoms with Gasteiger partial charge in [-0.25, -0.2) is 0 Å². The first-order valence-electron chi connectivity index (χ1n) is 7.69. The molecule has 2 heterocycles. The molecule has 0 saturated heterocycles. The lowest BCUT2D eigenvalue weighted by molar-refractivity contribution is -0.127. The third-order valence-electron chi connectivity index (χ3n) is 4.02. The van der Waals surface area contributed by atoms with Crippen molar-refractivity contribution in [1.82, 2.24) is 4.90 Å². The minimum atomic E-state index is 0.0661. The summed E-state index contributed by atoms with van der Waals surface area (Å²) in [5, 5.41) is 4.15. The first-order valence-corrected chi connectivity index (χ1v) is 8.63. The van der Waals surface area contributed by atoms with E-state index in [4.69, 9.17) is 9.47 Å². The number of fused-ring (bicyclic) bond motifs is 1. The predicted molar refractivity (Wildman–Crippen MR) is 89.5 cm³/mol. The van der Waals surface area contributed by atoms with E-state index in [2.05, 4.69) is 11.4 Å². The Balaban J connectivity index is 1.46. The highest BCUT2D eigenvalue weighted by atomic mass is 32.1. The fraction of sp³-hybridized carbons (Fsp3) is 0.278. The molecule has 0 spiro atoms. The summed E-state index contributed by atoms with van der Waals surface area (Å²) >= 11 is 1.67. The van der Waals surface area contributed by atoms with Crippen LogP contribution >= 0.6 is 11.3 Å². The molecule has 4 rings (SSSR count). The quantitative estimate of drug-likeness (QED) is 0.786. The van der Waals surface area contributed by atoms with Crippen molar-refractivity contribution in [3.8, 4) is 11.5 Å². The van der Waals surface area contributed by atoms with Gasteiger partial charge in [-0.3, -0.25) is 4.79 Å². The molecule has 1 aromatic carbocycles. The smallest absolute Gasteiger partial charge is 0.247 e. The van der Waals surface area contributed by atoms with Crippen LogP contribution < -0.4 is 9.47 Å². The molecular formula is C18H17NO3S. The van der Waals surface area contributed by atoms with Gasteiger partial charge >= 0.3 is 0 Å². The number of thiophene rings is 1. The first kappa shape index (κ1) is 14.3. The van der Waals surface area contributed by atoms with E-state index < -0.39 is 0 Å². The van der Waals surface area contributed by atoms with Crippen LogP contribution in [0.5, 0.6) is 11.5 Å². The Morgan fingerprint density at radius 3 is 2.91 bits per heavy atom. The van der Waals surface area contributed by atoms with Gasteiger partial charge < -0.3 is 14.4 Å². The minimum absolute atomic E-state index is 0.0661. The number of hydrogen-bond acceptors (Lipinski definition) is 4. The Kier molecular flexibility index (Phi) is 3.79. The van der Waals surface area contributed by atoms with Gasteiger partial charge in [0.15, 0.2) is 11.5 Å². The van der Waals surface area contributed by atoms with Crippen LogP contribution in [-0.2, 0) is 11.3 Å². The Bertz CT molecular complexity index is 735. The SMILES string of the molecule is O=C(C=Cc1ccc2c(c1)OCO2)N(Cc1ccsc1)C1CC1. The molecule has 0 unspecified atom stereocenters. The molecule has 1 aromatic heterocycles. The lowest BCUT2D eigenvalue weighted by Gasteiger charge is -2.20. The summed E-state index contributed by atoms with van der Waals surface area (Å²) in [4.78, 5) is 14.5. The van der Waals surface area contributed by atoms with Crippen molar-refractivity contribution in [3.63, 3.8) is 0 Å². The number of carbonyl (C=O) groups excluding carboxylic acids is 1. The topological polar surface area (TPSA) is 38.8 Å². The number of hydrogen-bond donors (Lipinski definition) is 0. The third kappa shape index (κ3) is 3.24. The molecule has 1 aliphatic heterocycles. The van der Waals surface area contributed by atoms with Crippen LogP contribution in [-0.4, -0.2) is 23.6 Å². The van der Waals surface area contributed by atoms with Crippen LogP contribution in [0.1, 0.15) is 24.0 Å². The van der Waals surface area contributed by atoms with Crippen LogP contribution in [0.25, 0.3) is 6.08 Å². The Morgan fingerprint density at radius 1 is 1.26 bits per heavy atom. The zero-order chi connectivity index (χ0) is 15.6. The summed E-state index contributed by atoms with van der Waals surface area (Å²) in [7, 11) is 0. The van der Waals surface area contributed by atoms with Crippen molar-refractivity contribution in [2.45, 2.75) is 25.4 Å². The highest BCUT2D eigenvalue weighted by molar-refractivity contribution is 7.07. The van der Waals surface area contributed by atoms with Gasteiger partial charge in [-0.2, -0.15) is 11.3 Å². The van der Waals surface area contributed by atoms with Crippen molar-refractivity contribution in [3.05, 3.63) is 52.2 Å². The van der Waals surface area contributed by atoms with E-state index in [9.17, 15) is 4.79 Å². The highest BCUT2D eigenvalue weighted by Crippen LogP contribution is 2.33. The van der Waals surface area contributed by atoms with E-state index in [1.54, 1.807) is 17.4 Å². The summed E-state index contributed by atoms with van der Waals surface area (Å²) < 4.78 is 10.7. The largest absolute Gasteiger partial charge is 0.454 e. The van der Waals surface area contributed by atoms with Crippen LogP contribution in [0.3, 0.4) is 0 Å². The molecule has 1 amide bonds. The van der Waals surface area contributed by atoms with Crippen molar-refractivity contribution < 1.29 is 14.3 Å². The van der Waals surface area contributed by atoms with Gasteiger partial charge in [0, 0.05) is 18.7 Å². The standard InChI is InChI=1S/C18H17NO3S/c20-18(19(15-3-4-15)10-14-7-8-23-11-14)6-2-13-1-5-16-17(9-13)22-12-21-16/h1-2,5-9,11,15H,3-4,10,12H2. The van der Waals surface area contributed by atoms with Crippen molar-refractivity contribution in [2.75, 3.05) is 6.79 Å². The summed E-state index contributed by atoms with van der Waals surface area (Å²) in [5.41, 5.74) is 2.14. The second-order valence-electron chi connectivity index (χ2n) is 5.77. The van der Waals surface area contributed by atoms with Gasteiger partial charge in [0.2, 0.25) is 12.7 Å². The molecule has 1 fully saturated rings. The lowest BCUT2D eigenvalue weighted by Crippen LogP contribution is -2.30. The van der Waals surface area contributed by atoms with Gasteiger partial charge in [-0.15, -0.1) is 0 Å². The predicted octanol–water partition coefficient (Wildman–Crippen LogP) is 3.68. The van der Waals surface area contributed by atoms with E-state index in [-0.39, 0.29) is 12.7 Å². The Labute approximate surface area is 138 Å². The van der Waals surface area contributed by atoms with E-state index >= 15 is 0 Å². The van der Waals surface area contributed by atoms with Gasteiger partial charge in [-0.1, -0.05) is 6.07 Å². The van der Waals surface area contributed by atoms with E-state index in [1.165, 1.54) is 5.56 Å². The average Bonchev–Trinajstić information content (AvgIpc) is 3.08. The number of amides is 1. The van der Waals surface area contributed by atoms with E-state index in [1.807, 2.05) is 34.6 Å². The second-order valence-corrected chi connectivity index (χ2v) is 6.55. The van der Waals surface area contributed by atoms with Crippen molar-refractivity contribution in [2.24, 2.45) is 0 Å². The number of rotatable bonds is 5. The minimum Gasteiger partial charge on any atom is -0.454 e. The molecule has 5 heteroatoms. The maximum atomic E-state index is 12.5. The Hall–Kier alpha value is -2.27. The molecule has 118 valence electrons. The average molecular weight is 327 g/mol. The zero-order valence-electron chi connectivity index (χ0n) is 12.6. The summed E-state index contributed by atoms with van der Waals surface area (Å²) in [6, 6.07) is 8.17. The highest BCUT2D eigenvalue weighted by Gasteiger charge is 2.31. The number of nitrogens with zero attached hydrogens (tertiary/aromatic N) is 1. The molecular weight excluding hydrogens is 310 g/mol. The summed E-state index contributed by atoms with van der Waals surface area (Å²) in [6.07, 6.45) is 5.71. The normalized spacial score (nSPS) is 16.0. The second kappa shape index (κ2) is 6.08. The molecule has 23 heavy (non-hydrogen) atoms. The van der Waals surface area contributed by atoms with Crippen LogP contribution in [0.15, 0.2) is 41.1 Å². The number of ether oxygens (including phenoxy) is 2. The molecule has 0 radical (unpaired) electrons.